The summed E-state index contributed by atoms with van der Waals surface area (Å²) in [5.41, 5.74) is 2.65. The van der Waals surface area contributed by atoms with Gasteiger partial charge in [-0.3, -0.25) is 4.79 Å². The Morgan fingerprint density at radius 3 is 2.23 bits per heavy atom. The number of alkyl halides is 3. The number of ether oxygens (including phenoxy) is 1. The predicted molar refractivity (Wildman–Crippen MR) is 163 cm³/mol. The summed E-state index contributed by atoms with van der Waals surface area (Å²) in [5, 5.41) is 0. The average Bonchev–Trinajstić information content (AvgIpc) is 3.59. The van der Waals surface area contributed by atoms with Crippen molar-refractivity contribution in [3.05, 3.63) is 82.7 Å². The molecule has 3 aromatic heterocycles. The van der Waals surface area contributed by atoms with Gasteiger partial charge in [-0.1, -0.05) is 6.07 Å². The molecule has 6 rings (SSSR count). The zero-order valence-corrected chi connectivity index (χ0v) is 26.1. The van der Waals surface area contributed by atoms with Crippen molar-refractivity contribution in [2.24, 2.45) is 7.05 Å². The highest BCUT2D eigenvalue weighted by atomic mass is 19.4. The predicted octanol–water partition coefficient (Wildman–Crippen LogP) is 6.19. The number of nitrogens with two attached hydrogens (primary N) is 1. The van der Waals surface area contributed by atoms with Crippen molar-refractivity contribution in [1.82, 2.24) is 14.0 Å². The van der Waals surface area contributed by atoms with Crippen LogP contribution in [-0.2, 0) is 33.9 Å². The van der Waals surface area contributed by atoms with E-state index in [1.54, 1.807) is 34.7 Å². The molecule has 0 spiro atoms. The van der Waals surface area contributed by atoms with E-state index in [0.29, 0.717) is 18.0 Å². The zero-order valence-electron chi connectivity index (χ0n) is 26.1. The van der Waals surface area contributed by atoms with Crippen LogP contribution in [0.25, 0.3) is 27.7 Å². The van der Waals surface area contributed by atoms with E-state index >= 15 is 0 Å². The molecule has 1 fully saturated rings. The lowest BCUT2D eigenvalue weighted by atomic mass is 9.77. The number of rotatable bonds is 6. The number of nitrogens with zero attached hydrogens (tertiary/aromatic N) is 3. The number of pyridine rings is 1. The molecule has 0 amide bonds. The fourth-order valence-electron chi connectivity index (χ4n) is 5.82. The van der Waals surface area contributed by atoms with Crippen LogP contribution in [0, 0.1) is 17.5 Å². The number of nitrogen functional groups attached to an aromatic ring is 1. The maximum Gasteiger partial charge on any atom is 0.497 e. The summed E-state index contributed by atoms with van der Waals surface area (Å²) in [6, 6.07) is 6.17. The molecule has 47 heavy (non-hydrogen) atoms. The molecule has 2 aromatic carbocycles. The minimum atomic E-state index is -4.89. The van der Waals surface area contributed by atoms with Crippen molar-refractivity contribution in [2.45, 2.75) is 51.7 Å². The van der Waals surface area contributed by atoms with E-state index in [-0.39, 0.29) is 45.6 Å². The molecule has 5 aromatic rings. The van der Waals surface area contributed by atoms with E-state index in [9.17, 15) is 31.1 Å². The Kier molecular flexibility index (Phi) is 7.53. The van der Waals surface area contributed by atoms with Crippen LogP contribution in [0.2, 0.25) is 0 Å². The van der Waals surface area contributed by atoms with Gasteiger partial charge in [0.2, 0.25) is 5.78 Å². The van der Waals surface area contributed by atoms with Crippen LogP contribution in [0.1, 0.15) is 55.1 Å². The SMILES string of the molecule is COCc1nc2c(N)c(-c3cccn4c(C(=O)c5cc(F)c(F)c(F)c5)cc(B5OC(C)(C)C(C)(C)O5)c34)c(C(F)(F)F)cc2n1C. The lowest BCUT2D eigenvalue weighted by Crippen LogP contribution is -2.41. The van der Waals surface area contributed by atoms with Gasteiger partial charge in [-0.2, -0.15) is 13.2 Å². The Hall–Kier alpha value is -4.34. The third-order valence-corrected chi connectivity index (χ3v) is 8.96. The second kappa shape index (κ2) is 10.9. The van der Waals surface area contributed by atoms with Gasteiger partial charge < -0.3 is 28.7 Å². The first kappa shape index (κ1) is 32.6. The first-order chi connectivity index (χ1) is 21.9. The van der Waals surface area contributed by atoms with Crippen molar-refractivity contribution >= 4 is 40.6 Å². The molecular formula is C32H29BF6N4O4. The fourth-order valence-corrected chi connectivity index (χ4v) is 5.82. The van der Waals surface area contributed by atoms with E-state index in [1.807, 2.05) is 0 Å². The van der Waals surface area contributed by atoms with Crippen molar-refractivity contribution < 1.29 is 45.2 Å². The summed E-state index contributed by atoms with van der Waals surface area (Å²) in [7, 11) is 1.78. The van der Waals surface area contributed by atoms with Crippen LogP contribution < -0.4 is 11.2 Å². The Morgan fingerprint density at radius 2 is 1.66 bits per heavy atom. The molecule has 0 unspecified atom stereocenters. The number of hydrogen-bond acceptors (Lipinski definition) is 6. The number of methoxy groups -OCH3 is 1. The van der Waals surface area contributed by atoms with E-state index in [0.717, 1.165) is 6.07 Å². The molecule has 4 heterocycles. The summed E-state index contributed by atoms with van der Waals surface area (Å²) in [6.07, 6.45) is -3.49. The van der Waals surface area contributed by atoms with E-state index < -0.39 is 64.4 Å². The molecule has 1 aliphatic rings. The summed E-state index contributed by atoms with van der Waals surface area (Å²) in [5.74, 6) is -5.52. The van der Waals surface area contributed by atoms with Crippen LogP contribution >= 0.6 is 0 Å². The largest absolute Gasteiger partial charge is 0.497 e. The summed E-state index contributed by atoms with van der Waals surface area (Å²) in [4.78, 5) is 18.2. The number of imidazole rings is 1. The van der Waals surface area contributed by atoms with Crippen molar-refractivity contribution in [3.8, 4) is 11.1 Å². The molecule has 15 heteroatoms. The van der Waals surface area contributed by atoms with Crippen LogP contribution in [0.5, 0.6) is 0 Å². The molecular weight excluding hydrogens is 629 g/mol. The Balaban J connectivity index is 1.69. The molecule has 0 aliphatic carbocycles. The Bertz CT molecular complexity index is 2060. The van der Waals surface area contributed by atoms with Crippen LogP contribution in [0.3, 0.4) is 0 Å². The molecule has 0 saturated carbocycles. The molecule has 0 bridgehead atoms. The fraction of sp³-hybridized carbons (Fsp3) is 0.312. The van der Waals surface area contributed by atoms with E-state index in [2.05, 4.69) is 4.98 Å². The van der Waals surface area contributed by atoms with E-state index in [4.69, 9.17) is 19.8 Å². The van der Waals surface area contributed by atoms with Crippen LogP contribution in [-0.4, -0.2) is 45.2 Å². The second-order valence-corrected chi connectivity index (χ2v) is 12.4. The monoisotopic (exact) mass is 658 g/mol. The molecule has 0 radical (unpaired) electrons. The molecule has 8 nitrogen and oxygen atoms in total. The highest BCUT2D eigenvalue weighted by Gasteiger charge is 2.53. The Labute approximate surface area is 265 Å². The topological polar surface area (TPSA) is 93.0 Å². The van der Waals surface area contributed by atoms with Gasteiger partial charge in [-0.05, 0) is 58.0 Å². The molecule has 1 aliphatic heterocycles. The first-order valence-corrected chi connectivity index (χ1v) is 14.4. The number of ketones is 1. The van der Waals surface area contributed by atoms with Crippen molar-refractivity contribution in [1.29, 1.82) is 0 Å². The molecule has 0 atom stereocenters. The van der Waals surface area contributed by atoms with E-state index in [1.165, 1.54) is 40.5 Å². The summed E-state index contributed by atoms with van der Waals surface area (Å²) >= 11 is 0. The Morgan fingerprint density at radius 1 is 1.04 bits per heavy atom. The van der Waals surface area contributed by atoms with Gasteiger partial charge in [-0.25, -0.2) is 18.2 Å². The van der Waals surface area contributed by atoms with Crippen molar-refractivity contribution in [3.63, 3.8) is 0 Å². The maximum atomic E-state index is 14.9. The number of carbonyl (C=O) groups is 1. The number of aromatic nitrogens is 3. The van der Waals surface area contributed by atoms with Gasteiger partial charge >= 0.3 is 13.3 Å². The summed E-state index contributed by atoms with van der Waals surface area (Å²) in [6.45, 7) is 7.10. The number of aryl methyl sites for hydroxylation is 1. The van der Waals surface area contributed by atoms with Gasteiger partial charge in [0, 0.05) is 42.5 Å². The van der Waals surface area contributed by atoms with Gasteiger partial charge in [0.15, 0.2) is 17.5 Å². The minimum Gasteiger partial charge on any atom is -0.399 e. The second-order valence-electron chi connectivity index (χ2n) is 12.4. The molecule has 1 saturated heterocycles. The number of benzene rings is 2. The van der Waals surface area contributed by atoms with Crippen LogP contribution in [0.15, 0.2) is 42.6 Å². The van der Waals surface area contributed by atoms with Gasteiger partial charge in [0.1, 0.15) is 17.9 Å². The van der Waals surface area contributed by atoms with Gasteiger partial charge in [0.05, 0.1) is 39.2 Å². The standard InChI is InChI=1S/C32H29BF6N4O4/c1-30(2)31(3,4)47-33(46-30)18-13-22(29(44)15-10-19(34)25(36)20(35)11-15)43-9-7-8-16(28(18)43)24-17(32(37,38)39)12-21-27(26(24)40)41-23(14-45-6)42(21)5/h7-13H,14,40H2,1-6H3. The number of carbonyl (C=O) groups excluding carboxylic acids is 1. The maximum absolute atomic E-state index is 14.9. The number of halogens is 6. The highest BCUT2D eigenvalue weighted by molar-refractivity contribution is 6.65. The van der Waals surface area contributed by atoms with Gasteiger partial charge in [-0.15, -0.1) is 0 Å². The lowest BCUT2D eigenvalue weighted by Gasteiger charge is -2.32. The first-order valence-electron chi connectivity index (χ1n) is 14.4. The minimum absolute atomic E-state index is 0.0116. The third-order valence-electron chi connectivity index (χ3n) is 8.96. The van der Waals surface area contributed by atoms with Crippen molar-refractivity contribution in [2.75, 3.05) is 12.8 Å². The number of hydrogen-bond donors (Lipinski definition) is 1. The summed E-state index contributed by atoms with van der Waals surface area (Å²) < 4.78 is 107. The smallest absolute Gasteiger partial charge is 0.399 e. The normalized spacial score (nSPS) is 16.1. The zero-order chi connectivity index (χ0) is 34.4. The molecule has 246 valence electrons. The lowest BCUT2D eigenvalue weighted by molar-refractivity contribution is -0.137. The van der Waals surface area contributed by atoms with Gasteiger partial charge in [0.25, 0.3) is 0 Å². The van der Waals surface area contributed by atoms with Crippen LogP contribution in [0.4, 0.5) is 32.0 Å². The number of fused-ring (bicyclic) bond motifs is 2. The quantitative estimate of drug-likeness (QED) is 0.0770. The third kappa shape index (κ3) is 5.07. The molecule has 2 N–H and O–H groups in total. The number of anilines is 1. The average molecular weight is 658 g/mol. The highest BCUT2D eigenvalue weighted by Crippen LogP contribution is 2.46.